The van der Waals surface area contributed by atoms with Gasteiger partial charge in [-0.05, 0) is 233 Å². The lowest BCUT2D eigenvalue weighted by Crippen LogP contribution is -2.14. The van der Waals surface area contributed by atoms with Crippen molar-refractivity contribution in [2.75, 3.05) is 9.80 Å². The maximum atomic E-state index is 2.46. The van der Waals surface area contributed by atoms with E-state index in [9.17, 15) is 0 Å². The van der Waals surface area contributed by atoms with E-state index in [-0.39, 0.29) is 10.8 Å². The molecule has 0 radical (unpaired) electrons. The van der Waals surface area contributed by atoms with Crippen LogP contribution in [0.4, 0.5) is 34.1 Å². The fourth-order valence-electron chi connectivity index (χ4n) is 17.5. The maximum Gasteiger partial charge on any atom is 0.0462 e. The van der Waals surface area contributed by atoms with E-state index in [1.165, 1.54) is 163 Å². The Kier molecular flexibility index (Phi) is 17.0. The molecule has 4 heteroatoms. The molecule has 0 N–H and O–H groups in total. The second-order valence-electron chi connectivity index (χ2n) is 30.7. The molecule has 0 saturated carbocycles. The van der Waals surface area contributed by atoms with E-state index in [0.29, 0.717) is 0 Å². The minimum absolute atomic E-state index is 0.0544. The summed E-state index contributed by atoms with van der Waals surface area (Å²) in [5.41, 5.74) is 34.8. The molecule has 2 nitrogen and oxygen atoms in total. The van der Waals surface area contributed by atoms with Crippen LogP contribution in [0.5, 0.6) is 0 Å². The minimum Gasteiger partial charge on any atom is -0.311 e. The molecule has 2 aromatic heterocycles. The zero-order valence-corrected chi connectivity index (χ0v) is 64.4. The third-order valence-electron chi connectivity index (χ3n) is 23.4. The van der Waals surface area contributed by atoms with E-state index >= 15 is 0 Å². The van der Waals surface area contributed by atoms with Crippen molar-refractivity contribution < 1.29 is 0 Å². The first-order valence-corrected chi connectivity index (χ1v) is 40.4. The lowest BCUT2D eigenvalue weighted by molar-refractivity contribution is 0.660. The number of benzene rings is 17. The zero-order chi connectivity index (χ0) is 75.0. The van der Waals surface area contributed by atoms with Gasteiger partial charge in [-0.2, -0.15) is 0 Å². The van der Waals surface area contributed by atoms with Crippen LogP contribution in [0.25, 0.3) is 140 Å². The third-order valence-corrected chi connectivity index (χ3v) is 25.8. The van der Waals surface area contributed by atoms with E-state index in [1.54, 1.807) is 0 Å². The van der Waals surface area contributed by atoms with Crippen molar-refractivity contribution in [2.45, 2.75) is 38.5 Å². The van der Waals surface area contributed by atoms with Gasteiger partial charge in [-0.1, -0.05) is 307 Å². The molecule has 17 aromatic carbocycles. The Morgan fingerprint density at radius 1 is 0.179 bits per heavy atom. The molecule has 2 aliphatic carbocycles. The predicted octanol–water partition coefficient (Wildman–Crippen LogP) is 31.3. The van der Waals surface area contributed by atoms with Gasteiger partial charge in [-0.15, -0.1) is 22.7 Å². The fourth-order valence-corrected chi connectivity index (χ4v) is 20.0. The largest absolute Gasteiger partial charge is 0.311 e. The molecular weight excluding hydrogens is 1390 g/mol. The first-order valence-electron chi connectivity index (χ1n) is 38.8. The molecule has 2 aliphatic rings. The van der Waals surface area contributed by atoms with Gasteiger partial charge in [-0.25, -0.2) is 0 Å². The highest BCUT2D eigenvalue weighted by Crippen LogP contribution is 2.54. The van der Waals surface area contributed by atoms with E-state index in [1.807, 2.05) is 22.7 Å². The normalized spacial score (nSPS) is 12.8. The van der Waals surface area contributed by atoms with Crippen LogP contribution in [0.2, 0.25) is 0 Å². The van der Waals surface area contributed by atoms with Crippen LogP contribution in [0, 0.1) is 0 Å². The third kappa shape index (κ3) is 12.1. The quantitative estimate of drug-likeness (QED) is 0.114. The summed E-state index contributed by atoms with van der Waals surface area (Å²) in [7, 11) is 0. The molecular formula is C108H78N2S2. The number of hydrogen-bond acceptors (Lipinski definition) is 4. The Balaban J connectivity index is 0.000000147. The van der Waals surface area contributed by atoms with Gasteiger partial charge in [0.1, 0.15) is 0 Å². The van der Waals surface area contributed by atoms with Crippen LogP contribution in [0.3, 0.4) is 0 Å². The van der Waals surface area contributed by atoms with E-state index in [4.69, 9.17) is 0 Å². The average molecular weight is 1470 g/mol. The first kappa shape index (κ1) is 68.1. The van der Waals surface area contributed by atoms with Crippen molar-refractivity contribution in [1.82, 2.24) is 0 Å². The highest BCUT2D eigenvalue weighted by molar-refractivity contribution is 7.26. The number of anilines is 6. The Morgan fingerprint density at radius 3 is 0.786 bits per heavy atom. The monoisotopic (exact) mass is 1470 g/mol. The smallest absolute Gasteiger partial charge is 0.0462 e. The Morgan fingerprint density at radius 2 is 0.438 bits per heavy atom. The summed E-state index contributed by atoms with van der Waals surface area (Å²) in [6.45, 7) is 9.47. The SMILES string of the molecule is CC1(C)c2ccccc2-c2ccc(-c3cc(-c4ccc(N(c5ccc(-c6ccccc6)cc5)c5ccc(-c6ccccc6)cc5)cc4)cc4c3sc3ccccc34)cc21.CC1(C)c2ccccc2-c2ccc(-c3cc(-c4ccc(N(c5ccccc5)c5ccc(-c6ccccc6)cc5)cc4)cc4c3sc3ccccc34)cc21. The molecule has 0 fully saturated rings. The molecule has 0 unspecified atom stereocenters. The Bertz CT molecular complexity index is 6650. The van der Waals surface area contributed by atoms with E-state index < -0.39 is 0 Å². The van der Waals surface area contributed by atoms with Crippen LogP contribution in [0.1, 0.15) is 49.9 Å². The van der Waals surface area contributed by atoms with Gasteiger partial charge < -0.3 is 9.80 Å². The van der Waals surface area contributed by atoms with Gasteiger partial charge in [-0.3, -0.25) is 0 Å². The van der Waals surface area contributed by atoms with Crippen molar-refractivity contribution in [3.05, 3.63) is 423 Å². The lowest BCUT2D eigenvalue weighted by atomic mass is 9.81. The molecule has 112 heavy (non-hydrogen) atoms. The summed E-state index contributed by atoms with van der Waals surface area (Å²) < 4.78 is 5.32. The number of nitrogens with zero attached hydrogens (tertiary/aromatic N) is 2. The van der Waals surface area contributed by atoms with Crippen LogP contribution >= 0.6 is 22.7 Å². The van der Waals surface area contributed by atoms with E-state index in [0.717, 1.165) is 34.1 Å². The molecule has 0 amide bonds. The summed E-state index contributed by atoms with van der Waals surface area (Å²) in [5.74, 6) is 0. The van der Waals surface area contributed by atoms with Gasteiger partial charge in [0.15, 0.2) is 0 Å². The van der Waals surface area contributed by atoms with Crippen LogP contribution in [0.15, 0.2) is 400 Å². The zero-order valence-electron chi connectivity index (χ0n) is 62.8. The number of fused-ring (bicyclic) bond motifs is 12. The fraction of sp³-hybridized carbons (Fsp3) is 0.0556. The van der Waals surface area contributed by atoms with Crippen LogP contribution in [-0.2, 0) is 10.8 Å². The second kappa shape index (κ2) is 28.0. The van der Waals surface area contributed by atoms with Crippen molar-refractivity contribution in [1.29, 1.82) is 0 Å². The predicted molar refractivity (Wildman–Crippen MR) is 481 cm³/mol. The van der Waals surface area contributed by atoms with Gasteiger partial charge >= 0.3 is 0 Å². The number of para-hydroxylation sites is 1. The summed E-state index contributed by atoms with van der Waals surface area (Å²) in [6.07, 6.45) is 0. The minimum atomic E-state index is -0.0652. The summed E-state index contributed by atoms with van der Waals surface area (Å²) in [5, 5.41) is 5.25. The molecule has 0 bridgehead atoms. The lowest BCUT2D eigenvalue weighted by Gasteiger charge is -2.26. The standard InChI is InChI=1S/C57H41NS.C51H37NS/c1-57(2)53-19-11-9-17-48(53)49-34-27-43(37-54(49)57)51-35-44(36-52-50-18-10-12-20-55(50)59-56(51)52)42-25-32-47(33-26-42)58(45-28-21-40(22-29-45)38-13-5-3-6-14-38)46-30-23-41(24-31-46)39-15-7-4-8-16-39;1-51(2)47-19-11-9-17-42(47)43-30-25-37(33-48(43)51)45-31-38(32-46-44-18-10-12-20-49(44)53-50(45)46)36-23-28-41(29-24-36)52(39-15-7-4-8-16-39)40-26-21-35(22-27-40)34-13-5-3-6-14-34/h3-37H,1-2H3;3-33H,1-2H3. The van der Waals surface area contributed by atoms with E-state index in [2.05, 4.69) is 438 Å². The second-order valence-corrected chi connectivity index (χ2v) is 32.8. The number of rotatable bonds is 13. The maximum absolute atomic E-state index is 2.46. The number of hydrogen-bond donors (Lipinski definition) is 0. The highest BCUT2D eigenvalue weighted by Gasteiger charge is 2.37. The molecule has 19 aromatic rings. The van der Waals surface area contributed by atoms with Crippen molar-refractivity contribution in [3.63, 3.8) is 0 Å². The first-order chi connectivity index (χ1) is 55.0. The Hall–Kier alpha value is -13.2. The molecule has 2 heterocycles. The molecule has 0 saturated heterocycles. The summed E-state index contributed by atoms with van der Waals surface area (Å²) in [6, 6.07) is 147. The topological polar surface area (TPSA) is 6.48 Å². The average Bonchev–Trinajstić information content (AvgIpc) is 1.57. The van der Waals surface area contributed by atoms with Crippen LogP contribution < -0.4 is 9.80 Å². The van der Waals surface area contributed by atoms with Crippen LogP contribution in [-0.4, -0.2) is 0 Å². The van der Waals surface area contributed by atoms with Gasteiger partial charge in [0.2, 0.25) is 0 Å². The van der Waals surface area contributed by atoms with Gasteiger partial charge in [0.05, 0.1) is 0 Å². The summed E-state index contributed by atoms with van der Waals surface area (Å²) in [4.78, 5) is 4.70. The number of thiophene rings is 2. The van der Waals surface area contributed by atoms with Crippen molar-refractivity contribution in [2.24, 2.45) is 0 Å². The highest BCUT2D eigenvalue weighted by atomic mass is 32.1. The van der Waals surface area contributed by atoms with Gasteiger partial charge in [0.25, 0.3) is 0 Å². The molecule has 0 atom stereocenters. The molecule has 0 aliphatic heterocycles. The summed E-state index contributed by atoms with van der Waals surface area (Å²) >= 11 is 3.80. The van der Waals surface area contributed by atoms with Crippen molar-refractivity contribution in [3.8, 4) is 100 Å². The Labute approximate surface area is 663 Å². The molecule has 532 valence electrons. The molecule has 21 rings (SSSR count). The van der Waals surface area contributed by atoms with Crippen molar-refractivity contribution >= 4 is 97.1 Å². The van der Waals surface area contributed by atoms with Gasteiger partial charge in [0, 0.05) is 96.4 Å². The molecule has 0 spiro atoms.